The van der Waals surface area contributed by atoms with Crippen LogP contribution < -0.4 is 10.6 Å². The number of alkyl halides is 5. The normalized spacial score (nSPS) is 22.5. The summed E-state index contributed by atoms with van der Waals surface area (Å²) in [7, 11) is 0. The smallest absolute Gasteiger partial charge is 0.355 e. The molecule has 41 heavy (non-hydrogen) atoms. The van der Waals surface area contributed by atoms with Gasteiger partial charge in [-0.2, -0.15) is 23.4 Å². The summed E-state index contributed by atoms with van der Waals surface area (Å²) >= 11 is 0. The Labute approximate surface area is 232 Å². The van der Waals surface area contributed by atoms with Gasteiger partial charge in [-0.3, -0.25) is 14.3 Å². The van der Waals surface area contributed by atoms with Crippen molar-refractivity contribution in [1.82, 2.24) is 35.0 Å². The third-order valence-electron chi connectivity index (χ3n) is 8.21. The fourth-order valence-electron chi connectivity index (χ4n) is 5.80. The molecule has 4 heterocycles. The van der Waals surface area contributed by atoms with Crippen molar-refractivity contribution in [2.75, 3.05) is 6.54 Å². The number of carbonyl (C=O) groups excluding carboxylic acids is 2. The molecule has 0 bridgehead atoms. The summed E-state index contributed by atoms with van der Waals surface area (Å²) in [6, 6.07) is 2.62. The molecule has 2 amide bonds. The van der Waals surface area contributed by atoms with Crippen LogP contribution in [0.5, 0.6) is 0 Å². The van der Waals surface area contributed by atoms with Crippen molar-refractivity contribution in [2.24, 2.45) is 17.8 Å². The van der Waals surface area contributed by atoms with Gasteiger partial charge in [0.1, 0.15) is 5.69 Å². The van der Waals surface area contributed by atoms with Crippen molar-refractivity contribution >= 4 is 17.5 Å². The molecule has 9 nitrogen and oxygen atoms in total. The molecule has 5 rings (SSSR count). The van der Waals surface area contributed by atoms with Crippen molar-refractivity contribution in [1.29, 1.82) is 0 Å². The van der Waals surface area contributed by atoms with E-state index in [0.29, 0.717) is 34.8 Å². The molecule has 3 aromatic heterocycles. The largest absolute Gasteiger partial charge is 0.393 e. The van der Waals surface area contributed by atoms with Crippen LogP contribution in [0.25, 0.3) is 5.65 Å². The molecule has 0 spiro atoms. The summed E-state index contributed by atoms with van der Waals surface area (Å²) in [6.07, 6.45) is -1.81. The number of hydrogen-bond acceptors (Lipinski definition) is 5. The Morgan fingerprint density at radius 2 is 2.00 bits per heavy atom. The van der Waals surface area contributed by atoms with Gasteiger partial charge in [0, 0.05) is 44.5 Å². The van der Waals surface area contributed by atoms with E-state index in [1.807, 2.05) is 6.92 Å². The first kappa shape index (κ1) is 28.9. The van der Waals surface area contributed by atoms with E-state index in [9.17, 15) is 31.5 Å². The number of carbonyl (C=O) groups is 2. The number of aromatic nitrogens is 5. The van der Waals surface area contributed by atoms with Gasteiger partial charge in [-0.15, -0.1) is 0 Å². The van der Waals surface area contributed by atoms with Crippen LogP contribution in [-0.4, -0.2) is 54.8 Å². The van der Waals surface area contributed by atoms with Gasteiger partial charge in [0.2, 0.25) is 11.8 Å². The zero-order valence-electron chi connectivity index (χ0n) is 22.7. The molecule has 3 aromatic rings. The molecule has 2 aliphatic rings. The number of halogens is 5. The second-order valence-corrected chi connectivity index (χ2v) is 11.0. The lowest BCUT2D eigenvalue weighted by Gasteiger charge is -2.33. The monoisotopic (exact) mass is 581 g/mol. The SMILES string of the molecule is CCn1nccc1C(=O)N[C@H](c1cn2nc(CC3C[C@@H](C(F)(F)F)CNC3=O)c(C)cc2n1)C1CCC(F)(F)CC1. The van der Waals surface area contributed by atoms with Gasteiger partial charge in [-0.05, 0) is 56.7 Å². The van der Waals surface area contributed by atoms with Gasteiger partial charge in [0.05, 0.1) is 29.5 Å². The third-order valence-corrected chi connectivity index (χ3v) is 8.21. The van der Waals surface area contributed by atoms with Crippen LogP contribution in [0, 0.1) is 24.7 Å². The molecule has 0 aromatic carbocycles. The fraction of sp³-hybridized carbons (Fsp3) is 0.593. The number of fused-ring (bicyclic) bond motifs is 1. The minimum atomic E-state index is -4.41. The number of hydrogen-bond donors (Lipinski definition) is 2. The Bertz CT molecular complexity index is 1420. The molecule has 1 unspecified atom stereocenters. The van der Waals surface area contributed by atoms with Gasteiger partial charge in [-0.1, -0.05) is 0 Å². The van der Waals surface area contributed by atoms with E-state index in [4.69, 9.17) is 0 Å². The number of imidazole rings is 1. The predicted molar refractivity (Wildman–Crippen MR) is 137 cm³/mol. The molecule has 222 valence electrons. The maximum absolute atomic E-state index is 14.0. The first-order chi connectivity index (χ1) is 19.3. The topological polar surface area (TPSA) is 106 Å². The fourth-order valence-corrected chi connectivity index (χ4v) is 5.80. The summed E-state index contributed by atoms with van der Waals surface area (Å²) in [4.78, 5) is 30.3. The van der Waals surface area contributed by atoms with Crippen LogP contribution in [0.2, 0.25) is 0 Å². The van der Waals surface area contributed by atoms with Crippen LogP contribution in [0.1, 0.15) is 72.5 Å². The molecule has 2 fully saturated rings. The number of aryl methyl sites for hydroxylation is 2. The van der Waals surface area contributed by atoms with Crippen LogP contribution in [0.3, 0.4) is 0 Å². The second-order valence-electron chi connectivity index (χ2n) is 11.0. The zero-order valence-corrected chi connectivity index (χ0v) is 22.7. The summed E-state index contributed by atoms with van der Waals surface area (Å²) < 4.78 is 70.9. The average Bonchev–Trinajstić information content (AvgIpc) is 3.55. The van der Waals surface area contributed by atoms with Gasteiger partial charge in [0.15, 0.2) is 5.65 Å². The minimum absolute atomic E-state index is 0.0204. The number of piperidine rings is 1. The van der Waals surface area contributed by atoms with E-state index >= 15 is 0 Å². The third kappa shape index (κ3) is 6.20. The lowest BCUT2D eigenvalue weighted by atomic mass is 9.81. The molecule has 1 saturated carbocycles. The molecule has 14 heteroatoms. The Kier molecular flexibility index (Phi) is 7.77. The summed E-state index contributed by atoms with van der Waals surface area (Å²) in [5.74, 6) is -6.41. The molecule has 1 aliphatic heterocycles. The van der Waals surface area contributed by atoms with Crippen LogP contribution in [0.15, 0.2) is 24.5 Å². The molecular weight excluding hydrogens is 549 g/mol. The van der Waals surface area contributed by atoms with Gasteiger partial charge < -0.3 is 10.6 Å². The van der Waals surface area contributed by atoms with E-state index in [0.717, 1.165) is 0 Å². The number of nitrogens with zero attached hydrogens (tertiary/aromatic N) is 5. The lowest BCUT2D eigenvalue weighted by molar-refractivity contribution is -0.183. The summed E-state index contributed by atoms with van der Waals surface area (Å²) in [5, 5.41) is 14.0. The molecule has 2 N–H and O–H groups in total. The summed E-state index contributed by atoms with van der Waals surface area (Å²) in [6.45, 7) is 3.62. The van der Waals surface area contributed by atoms with E-state index in [1.54, 1.807) is 25.3 Å². The molecule has 3 atom stereocenters. The van der Waals surface area contributed by atoms with E-state index < -0.39 is 48.3 Å². The molecule has 0 radical (unpaired) electrons. The minimum Gasteiger partial charge on any atom is -0.355 e. The highest BCUT2D eigenvalue weighted by Gasteiger charge is 2.45. The first-order valence-corrected chi connectivity index (χ1v) is 13.8. The Balaban J connectivity index is 1.43. The van der Waals surface area contributed by atoms with Crippen LogP contribution >= 0.6 is 0 Å². The quantitative estimate of drug-likeness (QED) is 0.403. The van der Waals surface area contributed by atoms with Gasteiger partial charge in [0.25, 0.3) is 5.91 Å². The maximum Gasteiger partial charge on any atom is 0.393 e. The van der Waals surface area contributed by atoms with Gasteiger partial charge in [-0.25, -0.2) is 18.3 Å². The summed E-state index contributed by atoms with van der Waals surface area (Å²) in [5.41, 5.74) is 2.31. The van der Waals surface area contributed by atoms with Crippen molar-refractivity contribution in [3.63, 3.8) is 0 Å². The van der Waals surface area contributed by atoms with E-state index in [1.165, 1.54) is 15.4 Å². The Hall–Kier alpha value is -3.58. The maximum atomic E-state index is 14.0. The first-order valence-electron chi connectivity index (χ1n) is 13.8. The average molecular weight is 582 g/mol. The Morgan fingerprint density at radius 1 is 1.27 bits per heavy atom. The highest BCUT2D eigenvalue weighted by Crippen LogP contribution is 2.41. The highest BCUT2D eigenvalue weighted by atomic mass is 19.4. The van der Waals surface area contributed by atoms with Crippen molar-refractivity contribution in [3.05, 3.63) is 47.2 Å². The van der Waals surface area contributed by atoms with E-state index in [-0.39, 0.29) is 44.4 Å². The number of nitrogens with one attached hydrogen (secondary N) is 2. The second kappa shape index (κ2) is 11.0. The van der Waals surface area contributed by atoms with E-state index in [2.05, 4.69) is 25.8 Å². The highest BCUT2D eigenvalue weighted by molar-refractivity contribution is 5.92. The van der Waals surface area contributed by atoms with Crippen molar-refractivity contribution in [2.45, 2.75) is 77.1 Å². The Morgan fingerprint density at radius 3 is 2.68 bits per heavy atom. The standard InChI is InChI=1S/C27H32F5N7O2/c1-3-38-21(6-9-34-38)25(41)36-23(16-4-7-26(28,29)8-5-16)20-14-39-22(35-20)10-15(2)19(37-39)12-17-11-18(27(30,31)32)13-33-24(17)40/h6,9-10,14,16-18,23H,3-5,7-8,11-13H2,1-2H3,(H,33,40)(H,36,41)/t17?,18-,23+/m1/s1. The van der Waals surface area contributed by atoms with Crippen LogP contribution in [-0.2, 0) is 17.8 Å². The van der Waals surface area contributed by atoms with Gasteiger partial charge >= 0.3 is 6.18 Å². The predicted octanol–water partition coefficient (Wildman–Crippen LogP) is 4.41. The van der Waals surface area contributed by atoms with Crippen LogP contribution in [0.4, 0.5) is 22.0 Å². The molecule has 1 aliphatic carbocycles. The lowest BCUT2D eigenvalue weighted by Crippen LogP contribution is -2.47. The molecule has 1 saturated heterocycles. The molecular formula is C27H32F5N7O2. The van der Waals surface area contributed by atoms with Crippen molar-refractivity contribution in [3.8, 4) is 0 Å². The number of amides is 2. The number of rotatable bonds is 7. The van der Waals surface area contributed by atoms with Crippen molar-refractivity contribution < 1.29 is 31.5 Å². The zero-order chi connectivity index (χ0) is 29.5.